The first-order valence-corrected chi connectivity index (χ1v) is 6.55. The number of hydrogen-bond acceptors (Lipinski definition) is 1. The fourth-order valence-corrected chi connectivity index (χ4v) is 2.51. The van der Waals surface area contributed by atoms with Crippen LogP contribution < -0.4 is 5.73 Å². The number of nitrogens with two attached hydrogens (primary N) is 1. The normalized spacial score (nSPS) is 16.5. The summed E-state index contributed by atoms with van der Waals surface area (Å²) in [6.45, 7) is 0. The summed E-state index contributed by atoms with van der Waals surface area (Å²) < 4.78 is 0. The van der Waals surface area contributed by atoms with Crippen LogP contribution in [0.2, 0.25) is 10.0 Å². The third-order valence-corrected chi connectivity index (χ3v) is 3.76. The van der Waals surface area contributed by atoms with Gasteiger partial charge in [-0.2, -0.15) is 0 Å². The average molecular weight is 260 g/mol. The highest BCUT2D eigenvalue weighted by Crippen LogP contribution is 2.35. The molecule has 1 saturated carbocycles. The van der Waals surface area contributed by atoms with Gasteiger partial charge >= 0.3 is 0 Å². The monoisotopic (exact) mass is 259 g/mol. The molecule has 1 aliphatic carbocycles. The minimum Gasteiger partial charge on any atom is -0.333 e. The van der Waals surface area contributed by atoms with E-state index in [1.165, 1.54) is 44.7 Å². The van der Waals surface area contributed by atoms with Gasteiger partial charge in [0, 0.05) is 0 Å². The third-order valence-electron chi connectivity index (χ3n) is 3.02. The molecular weight excluding hydrogens is 241 g/mol. The van der Waals surface area contributed by atoms with Gasteiger partial charge in [-0.1, -0.05) is 48.5 Å². The van der Waals surface area contributed by atoms with Crippen molar-refractivity contribution in [2.75, 3.05) is 7.05 Å². The Bertz CT molecular complexity index is 320. The molecule has 3 heteroatoms. The lowest BCUT2D eigenvalue weighted by atomic mass is 9.84. The maximum absolute atomic E-state index is 6.00. The number of benzene rings is 1. The minimum atomic E-state index is 0.659. The lowest BCUT2D eigenvalue weighted by Gasteiger charge is -2.22. The van der Waals surface area contributed by atoms with Crippen LogP contribution in [0.15, 0.2) is 18.2 Å². The SMILES string of the molecule is CN.Clc1ccc(C2CCCCC2)cc1Cl. The van der Waals surface area contributed by atoms with Crippen molar-refractivity contribution in [1.82, 2.24) is 0 Å². The molecule has 1 aromatic carbocycles. The molecule has 1 aliphatic rings. The highest BCUT2D eigenvalue weighted by molar-refractivity contribution is 6.42. The number of rotatable bonds is 1. The summed E-state index contributed by atoms with van der Waals surface area (Å²) in [6.07, 6.45) is 6.70. The standard InChI is InChI=1S/C12H14Cl2.CH5N/c13-11-7-6-10(8-12(11)14)9-4-2-1-3-5-9;1-2/h6-9H,1-5H2;2H2,1H3. The van der Waals surface area contributed by atoms with Crippen LogP contribution in [0.1, 0.15) is 43.6 Å². The summed E-state index contributed by atoms with van der Waals surface area (Å²) in [4.78, 5) is 0. The highest BCUT2D eigenvalue weighted by Gasteiger charge is 2.15. The van der Waals surface area contributed by atoms with E-state index in [4.69, 9.17) is 23.2 Å². The predicted molar refractivity (Wildman–Crippen MR) is 72.4 cm³/mol. The van der Waals surface area contributed by atoms with Gasteiger partial charge in [-0.05, 0) is 43.5 Å². The van der Waals surface area contributed by atoms with Gasteiger partial charge in [-0.3, -0.25) is 0 Å². The van der Waals surface area contributed by atoms with Crippen molar-refractivity contribution in [1.29, 1.82) is 0 Å². The molecule has 0 amide bonds. The van der Waals surface area contributed by atoms with E-state index in [9.17, 15) is 0 Å². The Labute approximate surface area is 108 Å². The van der Waals surface area contributed by atoms with Crippen LogP contribution in [0, 0.1) is 0 Å². The fourth-order valence-electron chi connectivity index (χ4n) is 2.20. The fraction of sp³-hybridized carbons (Fsp3) is 0.538. The Morgan fingerprint density at radius 1 is 1.00 bits per heavy atom. The molecule has 0 heterocycles. The van der Waals surface area contributed by atoms with Crippen molar-refractivity contribution in [3.63, 3.8) is 0 Å². The van der Waals surface area contributed by atoms with Crippen molar-refractivity contribution >= 4 is 23.2 Å². The van der Waals surface area contributed by atoms with Crippen LogP contribution in [0.4, 0.5) is 0 Å². The molecule has 1 fully saturated rings. The van der Waals surface area contributed by atoms with Crippen LogP contribution in [-0.2, 0) is 0 Å². The largest absolute Gasteiger partial charge is 0.333 e. The van der Waals surface area contributed by atoms with E-state index in [0.717, 1.165) is 0 Å². The van der Waals surface area contributed by atoms with Crippen molar-refractivity contribution in [2.24, 2.45) is 5.73 Å². The zero-order chi connectivity index (χ0) is 12.0. The Morgan fingerprint density at radius 3 is 2.19 bits per heavy atom. The van der Waals surface area contributed by atoms with Crippen LogP contribution in [0.3, 0.4) is 0 Å². The van der Waals surface area contributed by atoms with Gasteiger partial charge in [0.1, 0.15) is 0 Å². The molecule has 0 atom stereocenters. The van der Waals surface area contributed by atoms with Crippen LogP contribution >= 0.6 is 23.2 Å². The second-order valence-electron chi connectivity index (χ2n) is 4.01. The molecular formula is C13H19Cl2N. The van der Waals surface area contributed by atoms with Crippen LogP contribution in [-0.4, -0.2) is 7.05 Å². The van der Waals surface area contributed by atoms with Crippen molar-refractivity contribution < 1.29 is 0 Å². The molecule has 0 spiro atoms. The zero-order valence-electron chi connectivity index (χ0n) is 9.68. The second kappa shape index (κ2) is 7.16. The smallest absolute Gasteiger partial charge is 0.0595 e. The molecule has 0 aliphatic heterocycles. The average Bonchev–Trinajstić information content (AvgIpc) is 2.36. The van der Waals surface area contributed by atoms with E-state index < -0.39 is 0 Å². The summed E-state index contributed by atoms with van der Waals surface area (Å²) in [6, 6.07) is 6.05. The summed E-state index contributed by atoms with van der Waals surface area (Å²) in [7, 11) is 1.50. The minimum absolute atomic E-state index is 0.659. The van der Waals surface area contributed by atoms with E-state index in [2.05, 4.69) is 11.8 Å². The summed E-state index contributed by atoms with van der Waals surface area (Å²) in [5, 5.41) is 1.35. The number of halogens is 2. The molecule has 1 nitrogen and oxygen atoms in total. The molecule has 90 valence electrons. The van der Waals surface area contributed by atoms with Gasteiger partial charge < -0.3 is 5.73 Å². The van der Waals surface area contributed by atoms with E-state index in [1.807, 2.05) is 12.1 Å². The van der Waals surface area contributed by atoms with Gasteiger partial charge in [0.2, 0.25) is 0 Å². The summed E-state index contributed by atoms with van der Waals surface area (Å²) in [5.74, 6) is 0.707. The lowest BCUT2D eigenvalue weighted by molar-refractivity contribution is 0.443. The van der Waals surface area contributed by atoms with E-state index in [-0.39, 0.29) is 0 Å². The maximum atomic E-state index is 6.00. The molecule has 16 heavy (non-hydrogen) atoms. The molecule has 2 rings (SSSR count). The van der Waals surface area contributed by atoms with Crippen LogP contribution in [0.25, 0.3) is 0 Å². The summed E-state index contributed by atoms with van der Waals surface area (Å²) in [5.41, 5.74) is 5.86. The van der Waals surface area contributed by atoms with Gasteiger partial charge in [-0.15, -0.1) is 0 Å². The predicted octanol–water partition coefficient (Wildman–Crippen LogP) is 4.62. The maximum Gasteiger partial charge on any atom is 0.0595 e. The van der Waals surface area contributed by atoms with E-state index in [0.29, 0.717) is 16.0 Å². The summed E-state index contributed by atoms with van der Waals surface area (Å²) >= 11 is 11.9. The molecule has 0 bridgehead atoms. The molecule has 0 saturated heterocycles. The molecule has 0 unspecified atom stereocenters. The zero-order valence-corrected chi connectivity index (χ0v) is 11.2. The van der Waals surface area contributed by atoms with Gasteiger partial charge in [0.05, 0.1) is 10.0 Å². The highest BCUT2D eigenvalue weighted by atomic mass is 35.5. The lowest BCUT2D eigenvalue weighted by Crippen LogP contribution is -2.04. The Kier molecular flexibility index (Phi) is 6.18. The molecule has 1 aromatic rings. The Morgan fingerprint density at radius 2 is 1.62 bits per heavy atom. The molecule has 2 N–H and O–H groups in total. The topological polar surface area (TPSA) is 26.0 Å². The van der Waals surface area contributed by atoms with E-state index >= 15 is 0 Å². The molecule has 0 radical (unpaired) electrons. The second-order valence-corrected chi connectivity index (χ2v) is 4.82. The third kappa shape index (κ3) is 3.65. The first kappa shape index (κ1) is 13.8. The van der Waals surface area contributed by atoms with Crippen molar-refractivity contribution in [3.8, 4) is 0 Å². The number of hydrogen-bond donors (Lipinski definition) is 1. The Hall–Kier alpha value is -0.240. The van der Waals surface area contributed by atoms with Crippen molar-refractivity contribution in [3.05, 3.63) is 33.8 Å². The molecule has 0 aromatic heterocycles. The van der Waals surface area contributed by atoms with Gasteiger partial charge in [0.25, 0.3) is 0 Å². The van der Waals surface area contributed by atoms with Gasteiger partial charge in [0.15, 0.2) is 0 Å². The van der Waals surface area contributed by atoms with Gasteiger partial charge in [-0.25, -0.2) is 0 Å². The van der Waals surface area contributed by atoms with Crippen LogP contribution in [0.5, 0.6) is 0 Å². The first-order valence-electron chi connectivity index (χ1n) is 5.80. The van der Waals surface area contributed by atoms with Crippen molar-refractivity contribution in [2.45, 2.75) is 38.0 Å². The van der Waals surface area contributed by atoms with E-state index in [1.54, 1.807) is 0 Å². The Balaban J connectivity index is 0.000000606. The first-order chi connectivity index (χ1) is 7.77. The quantitative estimate of drug-likeness (QED) is 0.783.